The van der Waals surface area contributed by atoms with Crippen molar-refractivity contribution in [2.24, 2.45) is 0 Å². The highest BCUT2D eigenvalue weighted by Crippen LogP contribution is 2.22. The summed E-state index contributed by atoms with van der Waals surface area (Å²) in [4.78, 5) is 17.0. The molecule has 2 saturated heterocycles. The molecule has 0 aliphatic carbocycles. The van der Waals surface area contributed by atoms with Crippen LogP contribution in [0.5, 0.6) is 0 Å². The Morgan fingerprint density at radius 3 is 2.70 bits per heavy atom. The van der Waals surface area contributed by atoms with Gasteiger partial charge in [0.2, 0.25) is 5.91 Å². The van der Waals surface area contributed by atoms with Crippen molar-refractivity contribution < 1.29 is 4.79 Å². The maximum absolute atomic E-state index is 12.7. The number of likely N-dealkylation sites (tertiary alicyclic amines) is 1. The Morgan fingerprint density at radius 2 is 2.05 bits per heavy atom. The summed E-state index contributed by atoms with van der Waals surface area (Å²) in [5.41, 5.74) is 1.22. The number of benzene rings is 1. The van der Waals surface area contributed by atoms with Crippen LogP contribution in [0.15, 0.2) is 30.3 Å². The second-order valence-corrected chi connectivity index (χ2v) is 6.04. The molecule has 108 valence electrons. The van der Waals surface area contributed by atoms with Gasteiger partial charge in [0.15, 0.2) is 0 Å². The number of rotatable bonds is 3. The molecule has 1 aromatic rings. The summed E-state index contributed by atoms with van der Waals surface area (Å²) in [5, 5.41) is 3.45. The van der Waals surface area contributed by atoms with Crippen molar-refractivity contribution in [3.8, 4) is 0 Å². The highest BCUT2D eigenvalue weighted by atomic mass is 16.2. The molecule has 4 heteroatoms. The summed E-state index contributed by atoms with van der Waals surface area (Å²) in [5.74, 6) is 0.265. The standard InChI is InChI=1S/C16H23N3O/c1-12-17-15(10-13-6-4-3-5-7-13)16(20)19(12)14-8-9-18(2)11-14/h3-7,12,14-15,17H,8-11H2,1-2H3. The Balaban J connectivity index is 1.69. The Labute approximate surface area is 120 Å². The molecule has 0 radical (unpaired) electrons. The van der Waals surface area contributed by atoms with E-state index in [4.69, 9.17) is 0 Å². The van der Waals surface area contributed by atoms with E-state index in [-0.39, 0.29) is 18.1 Å². The van der Waals surface area contributed by atoms with Gasteiger partial charge in [-0.25, -0.2) is 0 Å². The molecule has 0 aromatic heterocycles. The molecular formula is C16H23N3O. The SMILES string of the molecule is CC1NC(Cc2ccccc2)C(=O)N1C1CCN(C)C1. The first-order valence-corrected chi connectivity index (χ1v) is 7.46. The number of nitrogens with one attached hydrogen (secondary N) is 1. The van der Waals surface area contributed by atoms with E-state index >= 15 is 0 Å². The Morgan fingerprint density at radius 1 is 1.30 bits per heavy atom. The molecule has 2 fully saturated rings. The van der Waals surface area contributed by atoms with Crippen LogP contribution in [0.25, 0.3) is 0 Å². The summed E-state index contributed by atoms with van der Waals surface area (Å²) in [6.45, 7) is 4.18. The van der Waals surface area contributed by atoms with Crippen LogP contribution in [0.1, 0.15) is 18.9 Å². The second kappa shape index (κ2) is 5.54. The minimum absolute atomic E-state index is 0.0710. The van der Waals surface area contributed by atoms with Gasteiger partial charge in [0, 0.05) is 12.6 Å². The minimum Gasteiger partial charge on any atom is -0.322 e. The molecule has 3 rings (SSSR count). The van der Waals surface area contributed by atoms with Crippen LogP contribution in [-0.2, 0) is 11.2 Å². The molecule has 20 heavy (non-hydrogen) atoms. The van der Waals surface area contributed by atoms with E-state index in [0.717, 1.165) is 25.9 Å². The first-order chi connectivity index (χ1) is 9.65. The second-order valence-electron chi connectivity index (χ2n) is 6.04. The van der Waals surface area contributed by atoms with Crippen LogP contribution in [0, 0.1) is 0 Å². The molecule has 2 heterocycles. The van der Waals surface area contributed by atoms with Crippen molar-refractivity contribution in [3.05, 3.63) is 35.9 Å². The number of hydrogen-bond acceptors (Lipinski definition) is 3. The van der Waals surface area contributed by atoms with E-state index in [2.05, 4.69) is 41.2 Å². The molecule has 2 aliphatic heterocycles. The van der Waals surface area contributed by atoms with Gasteiger partial charge in [-0.1, -0.05) is 30.3 Å². The molecule has 4 nitrogen and oxygen atoms in total. The highest BCUT2D eigenvalue weighted by Gasteiger charge is 2.41. The fraction of sp³-hybridized carbons (Fsp3) is 0.562. The van der Waals surface area contributed by atoms with Gasteiger partial charge in [-0.05, 0) is 38.9 Å². The van der Waals surface area contributed by atoms with Crippen LogP contribution in [-0.4, -0.2) is 54.1 Å². The third kappa shape index (κ3) is 2.58. The predicted octanol–water partition coefficient (Wildman–Crippen LogP) is 1.08. The smallest absolute Gasteiger partial charge is 0.241 e. The van der Waals surface area contributed by atoms with Crippen LogP contribution >= 0.6 is 0 Å². The molecule has 2 aliphatic rings. The lowest BCUT2D eigenvalue weighted by atomic mass is 10.1. The van der Waals surface area contributed by atoms with Crippen molar-refractivity contribution >= 4 is 5.91 Å². The predicted molar refractivity (Wildman–Crippen MR) is 79.3 cm³/mol. The van der Waals surface area contributed by atoms with Crippen molar-refractivity contribution in [1.29, 1.82) is 0 Å². The summed E-state index contributed by atoms with van der Waals surface area (Å²) in [6.07, 6.45) is 2.02. The number of nitrogens with zero attached hydrogens (tertiary/aromatic N) is 2. The Kier molecular flexibility index (Phi) is 3.76. The molecule has 3 unspecified atom stereocenters. The lowest BCUT2D eigenvalue weighted by molar-refractivity contribution is -0.131. The fourth-order valence-corrected chi connectivity index (χ4v) is 3.44. The average molecular weight is 273 g/mol. The molecule has 3 atom stereocenters. The Hall–Kier alpha value is -1.39. The lowest BCUT2D eigenvalue weighted by Crippen LogP contribution is -2.44. The van der Waals surface area contributed by atoms with Gasteiger partial charge in [0.1, 0.15) is 0 Å². The summed E-state index contributed by atoms with van der Waals surface area (Å²) >= 11 is 0. The van der Waals surface area contributed by atoms with Crippen molar-refractivity contribution in [3.63, 3.8) is 0 Å². The van der Waals surface area contributed by atoms with E-state index < -0.39 is 0 Å². The number of hydrogen-bond donors (Lipinski definition) is 1. The van der Waals surface area contributed by atoms with Crippen molar-refractivity contribution in [2.75, 3.05) is 20.1 Å². The van der Waals surface area contributed by atoms with Crippen LogP contribution < -0.4 is 5.32 Å². The van der Waals surface area contributed by atoms with E-state index in [1.54, 1.807) is 0 Å². The first-order valence-electron chi connectivity index (χ1n) is 7.46. The maximum atomic E-state index is 12.7. The molecule has 0 saturated carbocycles. The van der Waals surface area contributed by atoms with E-state index in [1.165, 1.54) is 5.56 Å². The quantitative estimate of drug-likeness (QED) is 0.895. The van der Waals surface area contributed by atoms with E-state index in [1.807, 2.05) is 18.2 Å². The minimum atomic E-state index is -0.0710. The van der Waals surface area contributed by atoms with Gasteiger partial charge in [0.25, 0.3) is 0 Å². The highest BCUT2D eigenvalue weighted by molar-refractivity contribution is 5.85. The third-order valence-corrected chi connectivity index (χ3v) is 4.45. The number of carbonyl (C=O) groups is 1. The topological polar surface area (TPSA) is 35.6 Å². The number of likely N-dealkylation sites (N-methyl/N-ethyl adjacent to an activating group) is 1. The van der Waals surface area contributed by atoms with Crippen LogP contribution in [0.2, 0.25) is 0 Å². The maximum Gasteiger partial charge on any atom is 0.241 e. The fourth-order valence-electron chi connectivity index (χ4n) is 3.44. The normalized spacial score (nSPS) is 31.2. The summed E-state index contributed by atoms with van der Waals surface area (Å²) < 4.78 is 0. The number of amides is 1. The first kappa shape index (κ1) is 13.6. The van der Waals surface area contributed by atoms with E-state index in [0.29, 0.717) is 6.04 Å². The van der Waals surface area contributed by atoms with Crippen LogP contribution in [0.4, 0.5) is 0 Å². The zero-order valence-corrected chi connectivity index (χ0v) is 12.2. The summed E-state index contributed by atoms with van der Waals surface area (Å²) in [7, 11) is 2.13. The van der Waals surface area contributed by atoms with Gasteiger partial charge in [0.05, 0.1) is 12.2 Å². The van der Waals surface area contributed by atoms with Gasteiger partial charge in [-0.15, -0.1) is 0 Å². The largest absolute Gasteiger partial charge is 0.322 e. The van der Waals surface area contributed by atoms with Gasteiger partial charge >= 0.3 is 0 Å². The Bertz CT molecular complexity index is 476. The monoisotopic (exact) mass is 273 g/mol. The van der Waals surface area contributed by atoms with Crippen molar-refractivity contribution in [2.45, 2.75) is 38.0 Å². The van der Waals surface area contributed by atoms with Gasteiger partial charge in [-0.3, -0.25) is 10.1 Å². The lowest BCUT2D eigenvalue weighted by Gasteiger charge is -2.27. The van der Waals surface area contributed by atoms with Gasteiger partial charge in [-0.2, -0.15) is 0 Å². The zero-order chi connectivity index (χ0) is 14.1. The molecule has 1 amide bonds. The molecule has 0 spiro atoms. The van der Waals surface area contributed by atoms with E-state index in [9.17, 15) is 4.79 Å². The van der Waals surface area contributed by atoms with Crippen LogP contribution in [0.3, 0.4) is 0 Å². The summed E-state index contributed by atoms with van der Waals surface area (Å²) in [6, 6.07) is 10.5. The van der Waals surface area contributed by atoms with Crippen molar-refractivity contribution in [1.82, 2.24) is 15.1 Å². The van der Waals surface area contributed by atoms with Gasteiger partial charge < -0.3 is 9.80 Å². The average Bonchev–Trinajstić information content (AvgIpc) is 2.96. The molecular weight excluding hydrogens is 250 g/mol. The zero-order valence-electron chi connectivity index (χ0n) is 12.2. The number of carbonyl (C=O) groups excluding carboxylic acids is 1. The third-order valence-electron chi connectivity index (χ3n) is 4.45. The molecule has 1 N–H and O–H groups in total. The molecule has 1 aromatic carbocycles. The molecule has 0 bridgehead atoms.